The first-order chi connectivity index (χ1) is 11.1. The van der Waals surface area contributed by atoms with Crippen LogP contribution in [0.3, 0.4) is 0 Å². The molecule has 1 saturated heterocycles. The van der Waals surface area contributed by atoms with Gasteiger partial charge in [-0.1, -0.05) is 12.1 Å². The van der Waals surface area contributed by atoms with Gasteiger partial charge in [0.15, 0.2) is 0 Å². The van der Waals surface area contributed by atoms with Gasteiger partial charge in [0.2, 0.25) is 0 Å². The van der Waals surface area contributed by atoms with Gasteiger partial charge in [-0.05, 0) is 49.2 Å². The minimum absolute atomic E-state index is 0.0676. The first-order valence-electron chi connectivity index (χ1n) is 8.08. The smallest absolute Gasteiger partial charge is 0.255 e. The lowest BCUT2D eigenvalue weighted by Gasteiger charge is -2.21. The summed E-state index contributed by atoms with van der Waals surface area (Å²) in [5.41, 5.74) is 3.75. The zero-order valence-electron chi connectivity index (χ0n) is 13.7. The number of carbonyl (C=O) groups is 1. The normalized spacial score (nSPS) is 13.9. The van der Waals surface area contributed by atoms with Gasteiger partial charge in [-0.2, -0.15) is 0 Å². The molecule has 0 aliphatic carbocycles. The van der Waals surface area contributed by atoms with Gasteiger partial charge >= 0.3 is 0 Å². The minimum Gasteiger partial charge on any atom is -0.378 e. The molecule has 1 amide bonds. The van der Waals surface area contributed by atoms with E-state index >= 15 is 0 Å². The Hall–Kier alpha value is -2.49. The first-order valence-corrected chi connectivity index (χ1v) is 8.08. The Morgan fingerprint density at radius 1 is 1.00 bits per heavy atom. The topological polar surface area (TPSA) is 35.6 Å². The summed E-state index contributed by atoms with van der Waals surface area (Å²) >= 11 is 0. The molecule has 0 aromatic heterocycles. The summed E-state index contributed by atoms with van der Waals surface area (Å²) in [4.78, 5) is 16.9. The largest absolute Gasteiger partial charge is 0.378 e. The van der Waals surface area contributed by atoms with Crippen molar-refractivity contribution in [2.45, 2.75) is 12.8 Å². The predicted octanol–water partition coefficient (Wildman–Crippen LogP) is 3.61. The molecule has 4 heteroatoms. The van der Waals surface area contributed by atoms with Crippen LogP contribution >= 0.6 is 0 Å². The molecule has 1 heterocycles. The molecule has 1 aliphatic rings. The van der Waals surface area contributed by atoms with Crippen LogP contribution in [0.15, 0.2) is 48.5 Å². The second kappa shape index (κ2) is 6.73. The predicted molar refractivity (Wildman–Crippen MR) is 96.6 cm³/mol. The van der Waals surface area contributed by atoms with Crippen molar-refractivity contribution >= 4 is 23.0 Å². The monoisotopic (exact) mass is 309 g/mol. The lowest BCUT2D eigenvalue weighted by atomic mass is 10.1. The van der Waals surface area contributed by atoms with Crippen molar-refractivity contribution in [3.05, 3.63) is 54.1 Å². The highest BCUT2D eigenvalue weighted by atomic mass is 16.1. The minimum atomic E-state index is -0.0676. The molecule has 0 unspecified atom stereocenters. The van der Waals surface area contributed by atoms with E-state index in [4.69, 9.17) is 0 Å². The number of benzene rings is 2. The lowest BCUT2D eigenvalue weighted by molar-refractivity contribution is 0.102. The van der Waals surface area contributed by atoms with E-state index in [9.17, 15) is 4.79 Å². The Labute approximate surface area is 137 Å². The van der Waals surface area contributed by atoms with E-state index in [1.807, 2.05) is 61.5 Å². The van der Waals surface area contributed by atoms with Crippen LogP contribution in [0.2, 0.25) is 0 Å². The maximum atomic E-state index is 12.5. The van der Waals surface area contributed by atoms with Crippen molar-refractivity contribution in [3.8, 4) is 0 Å². The summed E-state index contributed by atoms with van der Waals surface area (Å²) < 4.78 is 0. The van der Waals surface area contributed by atoms with Gasteiger partial charge in [0.1, 0.15) is 0 Å². The van der Waals surface area contributed by atoms with Crippen LogP contribution in [0.4, 0.5) is 17.1 Å². The van der Waals surface area contributed by atoms with E-state index < -0.39 is 0 Å². The van der Waals surface area contributed by atoms with Crippen LogP contribution in [0.25, 0.3) is 0 Å². The van der Waals surface area contributed by atoms with E-state index in [0.717, 1.165) is 30.2 Å². The van der Waals surface area contributed by atoms with E-state index in [2.05, 4.69) is 16.3 Å². The summed E-state index contributed by atoms with van der Waals surface area (Å²) in [5, 5.41) is 3.06. The molecule has 0 spiro atoms. The van der Waals surface area contributed by atoms with Crippen LogP contribution in [0, 0.1) is 0 Å². The first kappa shape index (κ1) is 15.4. The quantitative estimate of drug-likeness (QED) is 0.937. The molecule has 23 heavy (non-hydrogen) atoms. The molecule has 0 atom stereocenters. The number of hydrogen-bond acceptors (Lipinski definition) is 3. The molecular formula is C19H23N3O. The van der Waals surface area contributed by atoms with Crippen LogP contribution in [0.5, 0.6) is 0 Å². The number of para-hydroxylation sites is 2. The molecule has 3 rings (SSSR count). The zero-order chi connectivity index (χ0) is 16.2. The molecule has 1 N–H and O–H groups in total. The van der Waals surface area contributed by atoms with Crippen molar-refractivity contribution in [1.29, 1.82) is 0 Å². The Bertz CT molecular complexity index is 673. The van der Waals surface area contributed by atoms with Gasteiger partial charge in [0.25, 0.3) is 5.91 Å². The van der Waals surface area contributed by atoms with E-state index in [1.165, 1.54) is 12.8 Å². The van der Waals surface area contributed by atoms with Crippen molar-refractivity contribution in [3.63, 3.8) is 0 Å². The fraction of sp³-hybridized carbons (Fsp3) is 0.316. The van der Waals surface area contributed by atoms with E-state index in [1.54, 1.807) is 0 Å². The lowest BCUT2D eigenvalue weighted by Crippen LogP contribution is -2.21. The number of rotatable bonds is 4. The molecule has 2 aromatic rings. The third kappa shape index (κ3) is 3.47. The van der Waals surface area contributed by atoms with Gasteiger partial charge in [0.05, 0.1) is 11.4 Å². The molecule has 2 aromatic carbocycles. The summed E-state index contributed by atoms with van der Waals surface area (Å²) in [6.45, 7) is 2.12. The second-order valence-corrected chi connectivity index (χ2v) is 6.11. The number of amides is 1. The molecule has 0 radical (unpaired) electrons. The molecule has 0 saturated carbocycles. The van der Waals surface area contributed by atoms with Crippen molar-refractivity contribution in [2.75, 3.05) is 42.3 Å². The van der Waals surface area contributed by atoms with Gasteiger partial charge < -0.3 is 15.1 Å². The number of carbonyl (C=O) groups excluding carboxylic acids is 1. The van der Waals surface area contributed by atoms with Gasteiger partial charge in [0, 0.05) is 38.4 Å². The third-order valence-electron chi connectivity index (χ3n) is 4.24. The van der Waals surface area contributed by atoms with Gasteiger partial charge in [-0.15, -0.1) is 0 Å². The van der Waals surface area contributed by atoms with Crippen molar-refractivity contribution < 1.29 is 4.79 Å². The molecule has 1 aliphatic heterocycles. The zero-order valence-corrected chi connectivity index (χ0v) is 13.7. The highest BCUT2D eigenvalue weighted by Gasteiger charge is 2.17. The fourth-order valence-corrected chi connectivity index (χ4v) is 2.92. The average molecular weight is 309 g/mol. The average Bonchev–Trinajstić information content (AvgIpc) is 3.09. The summed E-state index contributed by atoms with van der Waals surface area (Å²) in [5.74, 6) is -0.0676. The Balaban J connectivity index is 1.77. The van der Waals surface area contributed by atoms with Crippen LogP contribution in [0.1, 0.15) is 23.2 Å². The molecule has 4 nitrogen and oxygen atoms in total. The molecule has 120 valence electrons. The highest BCUT2D eigenvalue weighted by molar-refractivity contribution is 6.06. The number of anilines is 3. The standard InChI is InChI=1S/C19H23N3O/c1-21(2)16-11-9-15(10-12-16)19(23)20-17-7-3-4-8-18(17)22-13-5-6-14-22/h3-4,7-12H,5-6,13-14H2,1-2H3,(H,20,23). The SMILES string of the molecule is CN(C)c1ccc(C(=O)Nc2ccccc2N2CCCC2)cc1. The highest BCUT2D eigenvalue weighted by Crippen LogP contribution is 2.29. The molecule has 0 bridgehead atoms. The molecular weight excluding hydrogens is 286 g/mol. The van der Waals surface area contributed by atoms with Gasteiger partial charge in [-0.3, -0.25) is 4.79 Å². The van der Waals surface area contributed by atoms with Crippen LogP contribution in [-0.2, 0) is 0 Å². The molecule has 1 fully saturated rings. The van der Waals surface area contributed by atoms with Crippen molar-refractivity contribution in [2.24, 2.45) is 0 Å². The second-order valence-electron chi connectivity index (χ2n) is 6.11. The Morgan fingerprint density at radius 3 is 2.30 bits per heavy atom. The summed E-state index contributed by atoms with van der Waals surface area (Å²) in [6, 6.07) is 15.7. The summed E-state index contributed by atoms with van der Waals surface area (Å²) in [7, 11) is 3.97. The fourth-order valence-electron chi connectivity index (χ4n) is 2.92. The Kier molecular flexibility index (Phi) is 4.51. The van der Waals surface area contributed by atoms with Crippen LogP contribution in [-0.4, -0.2) is 33.1 Å². The summed E-state index contributed by atoms with van der Waals surface area (Å²) in [6.07, 6.45) is 2.43. The Morgan fingerprint density at radius 2 is 1.65 bits per heavy atom. The number of hydrogen-bond donors (Lipinski definition) is 1. The third-order valence-corrected chi connectivity index (χ3v) is 4.24. The number of nitrogens with one attached hydrogen (secondary N) is 1. The maximum absolute atomic E-state index is 12.5. The van der Waals surface area contributed by atoms with Crippen LogP contribution < -0.4 is 15.1 Å². The van der Waals surface area contributed by atoms with Crippen molar-refractivity contribution in [1.82, 2.24) is 0 Å². The van der Waals surface area contributed by atoms with E-state index in [-0.39, 0.29) is 5.91 Å². The van der Waals surface area contributed by atoms with E-state index in [0.29, 0.717) is 5.56 Å². The maximum Gasteiger partial charge on any atom is 0.255 e. The van der Waals surface area contributed by atoms with Gasteiger partial charge in [-0.25, -0.2) is 0 Å². The number of nitrogens with zero attached hydrogens (tertiary/aromatic N) is 2.